The molecule has 1 N–H and O–H groups in total. The average Bonchev–Trinajstić information content (AvgIpc) is 2.46. The molecular weight excluding hydrogens is 266 g/mol. The lowest BCUT2D eigenvalue weighted by Gasteiger charge is -2.14. The molecule has 1 unspecified atom stereocenters. The van der Waals surface area contributed by atoms with E-state index in [0.29, 0.717) is 22.8 Å². The molecular formula is C16H19N3O2. The number of aryl methyl sites for hydroxylation is 3. The maximum Gasteiger partial charge on any atom is 0.310 e. The Balaban J connectivity index is 2.57. The van der Waals surface area contributed by atoms with E-state index in [1.165, 1.54) is 0 Å². The van der Waals surface area contributed by atoms with Crippen molar-refractivity contribution in [1.82, 2.24) is 15.0 Å². The largest absolute Gasteiger partial charge is 0.481 e. The molecule has 0 saturated heterocycles. The van der Waals surface area contributed by atoms with Gasteiger partial charge in [-0.1, -0.05) is 13.0 Å². The van der Waals surface area contributed by atoms with Crippen LogP contribution in [0.1, 0.15) is 42.3 Å². The van der Waals surface area contributed by atoms with Crippen molar-refractivity contribution in [2.45, 2.75) is 40.0 Å². The van der Waals surface area contributed by atoms with E-state index in [4.69, 9.17) is 0 Å². The average molecular weight is 285 g/mol. The van der Waals surface area contributed by atoms with E-state index in [9.17, 15) is 9.90 Å². The predicted octanol–water partition coefficient (Wildman–Crippen LogP) is 2.91. The first-order valence-electron chi connectivity index (χ1n) is 6.97. The summed E-state index contributed by atoms with van der Waals surface area (Å²) in [5.74, 6) is -0.929. The smallest absolute Gasteiger partial charge is 0.310 e. The third kappa shape index (κ3) is 2.91. The van der Waals surface area contributed by atoms with Crippen LogP contribution in [0.2, 0.25) is 0 Å². The van der Waals surface area contributed by atoms with Gasteiger partial charge in [-0.2, -0.15) is 0 Å². The number of carboxylic acids is 1. The zero-order chi connectivity index (χ0) is 15.6. The van der Waals surface area contributed by atoms with E-state index in [1.54, 1.807) is 13.1 Å². The molecule has 5 nitrogen and oxygen atoms in total. The molecule has 21 heavy (non-hydrogen) atoms. The highest BCUT2D eigenvalue weighted by molar-refractivity contribution is 5.76. The first-order chi connectivity index (χ1) is 9.95. The minimum absolute atomic E-state index is 0.559. The van der Waals surface area contributed by atoms with Crippen molar-refractivity contribution >= 4 is 5.97 Å². The second-order valence-corrected chi connectivity index (χ2v) is 5.06. The lowest BCUT2D eigenvalue weighted by atomic mass is 9.98. The van der Waals surface area contributed by atoms with Crippen molar-refractivity contribution in [2.24, 2.45) is 0 Å². The van der Waals surface area contributed by atoms with Crippen molar-refractivity contribution in [3.63, 3.8) is 0 Å². The highest BCUT2D eigenvalue weighted by Gasteiger charge is 2.21. The lowest BCUT2D eigenvalue weighted by molar-refractivity contribution is -0.138. The fourth-order valence-electron chi connectivity index (χ4n) is 2.51. The highest BCUT2D eigenvalue weighted by atomic mass is 16.4. The first kappa shape index (κ1) is 15.1. The molecule has 2 aromatic rings. The van der Waals surface area contributed by atoms with Gasteiger partial charge in [0.2, 0.25) is 0 Å². The first-order valence-corrected chi connectivity index (χ1v) is 6.97. The molecule has 0 amide bonds. The SMILES string of the molecule is CCc1cccnc1-c1nc(C)c(C(C)C(=O)O)c(C)n1. The monoisotopic (exact) mass is 285 g/mol. The Labute approximate surface area is 124 Å². The molecule has 0 aliphatic rings. The van der Waals surface area contributed by atoms with E-state index in [2.05, 4.69) is 21.9 Å². The van der Waals surface area contributed by atoms with Gasteiger partial charge in [-0.3, -0.25) is 9.78 Å². The maximum absolute atomic E-state index is 11.2. The summed E-state index contributed by atoms with van der Waals surface area (Å²) >= 11 is 0. The molecule has 0 radical (unpaired) electrons. The topological polar surface area (TPSA) is 76.0 Å². The van der Waals surface area contributed by atoms with Gasteiger partial charge in [0, 0.05) is 23.1 Å². The van der Waals surface area contributed by atoms with Gasteiger partial charge in [0.15, 0.2) is 5.82 Å². The van der Waals surface area contributed by atoms with Gasteiger partial charge in [-0.05, 0) is 38.8 Å². The standard InChI is InChI=1S/C16H19N3O2/c1-5-12-7-6-8-17-14(12)15-18-10(3)13(11(4)19-15)9(2)16(20)21/h6-9H,5H2,1-4H3,(H,20,21). The van der Waals surface area contributed by atoms with Crippen LogP contribution in [0.3, 0.4) is 0 Å². The number of hydrogen-bond acceptors (Lipinski definition) is 4. The minimum atomic E-state index is -0.871. The summed E-state index contributed by atoms with van der Waals surface area (Å²) < 4.78 is 0. The zero-order valence-corrected chi connectivity index (χ0v) is 12.7. The van der Waals surface area contributed by atoms with Crippen LogP contribution in [0, 0.1) is 13.8 Å². The molecule has 2 rings (SSSR count). The molecule has 0 saturated carbocycles. The Kier molecular flexibility index (Phi) is 4.31. The van der Waals surface area contributed by atoms with Crippen LogP contribution >= 0.6 is 0 Å². The van der Waals surface area contributed by atoms with E-state index < -0.39 is 11.9 Å². The minimum Gasteiger partial charge on any atom is -0.481 e. The summed E-state index contributed by atoms with van der Waals surface area (Å²) in [7, 11) is 0. The Bertz CT molecular complexity index is 660. The molecule has 0 aromatic carbocycles. The van der Waals surface area contributed by atoms with Crippen LogP contribution in [-0.4, -0.2) is 26.0 Å². The van der Waals surface area contributed by atoms with Crippen LogP contribution < -0.4 is 0 Å². The van der Waals surface area contributed by atoms with Gasteiger partial charge in [-0.15, -0.1) is 0 Å². The van der Waals surface area contributed by atoms with Crippen LogP contribution in [0.5, 0.6) is 0 Å². The summed E-state index contributed by atoms with van der Waals surface area (Å²) in [5.41, 5.74) is 3.91. The van der Waals surface area contributed by atoms with E-state index >= 15 is 0 Å². The molecule has 110 valence electrons. The quantitative estimate of drug-likeness (QED) is 0.934. The Hall–Kier alpha value is -2.30. The highest BCUT2D eigenvalue weighted by Crippen LogP contribution is 2.25. The fraction of sp³-hybridized carbons (Fsp3) is 0.375. The number of aliphatic carboxylic acids is 1. The third-order valence-electron chi connectivity index (χ3n) is 3.61. The molecule has 5 heteroatoms. The third-order valence-corrected chi connectivity index (χ3v) is 3.61. The summed E-state index contributed by atoms with van der Waals surface area (Å²) in [6, 6.07) is 3.90. The van der Waals surface area contributed by atoms with Gasteiger partial charge < -0.3 is 5.11 Å². The number of carbonyl (C=O) groups is 1. The summed E-state index contributed by atoms with van der Waals surface area (Å²) in [5, 5.41) is 9.18. The second kappa shape index (κ2) is 5.99. The Morgan fingerprint density at radius 1 is 1.29 bits per heavy atom. The number of pyridine rings is 1. The van der Waals surface area contributed by atoms with Crippen molar-refractivity contribution in [1.29, 1.82) is 0 Å². The number of aromatic nitrogens is 3. The van der Waals surface area contributed by atoms with Gasteiger partial charge in [-0.25, -0.2) is 9.97 Å². The van der Waals surface area contributed by atoms with Crippen LogP contribution in [0.25, 0.3) is 11.5 Å². The summed E-state index contributed by atoms with van der Waals surface area (Å²) in [4.78, 5) is 24.5. The van der Waals surface area contributed by atoms with E-state index in [1.807, 2.05) is 26.0 Å². The molecule has 2 aromatic heterocycles. The van der Waals surface area contributed by atoms with Crippen LogP contribution in [0.4, 0.5) is 0 Å². The normalized spacial score (nSPS) is 12.2. The van der Waals surface area contributed by atoms with Gasteiger partial charge >= 0.3 is 5.97 Å². The summed E-state index contributed by atoms with van der Waals surface area (Å²) in [6.45, 7) is 7.35. The zero-order valence-electron chi connectivity index (χ0n) is 12.7. The Morgan fingerprint density at radius 2 is 1.90 bits per heavy atom. The second-order valence-electron chi connectivity index (χ2n) is 5.06. The summed E-state index contributed by atoms with van der Waals surface area (Å²) in [6.07, 6.45) is 2.56. The molecule has 2 heterocycles. The molecule has 1 atom stereocenters. The lowest BCUT2D eigenvalue weighted by Crippen LogP contribution is -2.14. The molecule has 0 aliphatic heterocycles. The van der Waals surface area contributed by atoms with Crippen molar-refractivity contribution < 1.29 is 9.90 Å². The molecule has 0 aliphatic carbocycles. The number of nitrogens with zero attached hydrogens (tertiary/aromatic N) is 3. The van der Waals surface area contributed by atoms with Gasteiger partial charge in [0.1, 0.15) is 5.69 Å². The maximum atomic E-state index is 11.2. The molecule has 0 bridgehead atoms. The number of carboxylic acid groups (broad SMARTS) is 1. The molecule has 0 fully saturated rings. The fourth-order valence-corrected chi connectivity index (χ4v) is 2.51. The Morgan fingerprint density at radius 3 is 2.43 bits per heavy atom. The number of rotatable bonds is 4. The van der Waals surface area contributed by atoms with Crippen molar-refractivity contribution in [3.8, 4) is 11.5 Å². The van der Waals surface area contributed by atoms with Crippen molar-refractivity contribution in [3.05, 3.63) is 40.8 Å². The van der Waals surface area contributed by atoms with E-state index in [0.717, 1.165) is 17.7 Å². The molecule has 0 spiro atoms. The van der Waals surface area contributed by atoms with Gasteiger partial charge in [0.25, 0.3) is 0 Å². The van der Waals surface area contributed by atoms with Gasteiger partial charge in [0.05, 0.1) is 5.92 Å². The predicted molar refractivity (Wildman–Crippen MR) is 80.2 cm³/mol. The van der Waals surface area contributed by atoms with E-state index in [-0.39, 0.29) is 0 Å². The van der Waals surface area contributed by atoms with Crippen LogP contribution in [-0.2, 0) is 11.2 Å². The number of hydrogen-bond donors (Lipinski definition) is 1. The van der Waals surface area contributed by atoms with Crippen LogP contribution in [0.15, 0.2) is 18.3 Å². The van der Waals surface area contributed by atoms with Crippen molar-refractivity contribution in [2.75, 3.05) is 0 Å².